The van der Waals surface area contributed by atoms with Crippen molar-refractivity contribution in [2.24, 2.45) is 0 Å². The van der Waals surface area contributed by atoms with Gasteiger partial charge in [-0.25, -0.2) is 17.8 Å². The average Bonchev–Trinajstić information content (AvgIpc) is 3.01. The fourth-order valence-corrected chi connectivity index (χ4v) is 3.30. The molecule has 1 heterocycles. The van der Waals surface area contributed by atoms with Crippen molar-refractivity contribution >= 4 is 16.0 Å². The minimum Gasteiger partial charge on any atom is -0.497 e. The summed E-state index contributed by atoms with van der Waals surface area (Å²) in [4.78, 5) is 4.13. The molecule has 0 spiro atoms. The van der Waals surface area contributed by atoms with E-state index in [-0.39, 0.29) is 10.8 Å². The third kappa shape index (κ3) is 4.16. The van der Waals surface area contributed by atoms with Gasteiger partial charge in [-0.15, -0.1) is 5.10 Å². The molecule has 0 atom stereocenters. The van der Waals surface area contributed by atoms with Crippen LogP contribution in [0.2, 0.25) is 0 Å². The zero-order valence-electron chi connectivity index (χ0n) is 13.9. The largest absolute Gasteiger partial charge is 0.497 e. The first-order chi connectivity index (χ1) is 12.0. The minimum atomic E-state index is -3.75. The summed E-state index contributed by atoms with van der Waals surface area (Å²) in [6, 6.07) is 14.1. The molecule has 0 unspecified atom stereocenters. The van der Waals surface area contributed by atoms with E-state index in [0.29, 0.717) is 12.3 Å². The molecule has 1 N–H and O–H groups in total. The maximum absolute atomic E-state index is 12.4. The van der Waals surface area contributed by atoms with Crippen LogP contribution < -0.4 is 9.46 Å². The van der Waals surface area contributed by atoms with E-state index in [1.165, 1.54) is 25.6 Å². The third-order valence-corrected chi connectivity index (χ3v) is 4.90. The lowest BCUT2D eigenvalue weighted by molar-refractivity contribution is 0.414. The van der Waals surface area contributed by atoms with Crippen LogP contribution in [-0.4, -0.2) is 30.3 Å². The topological polar surface area (TPSA) is 86.1 Å². The molecule has 8 heteroatoms. The van der Waals surface area contributed by atoms with Gasteiger partial charge in [0.25, 0.3) is 16.0 Å². The molecule has 3 aromatic rings. The second kappa shape index (κ2) is 6.94. The summed E-state index contributed by atoms with van der Waals surface area (Å²) in [6.07, 6.45) is 1.49. The van der Waals surface area contributed by atoms with E-state index in [1.807, 2.05) is 31.2 Å². The summed E-state index contributed by atoms with van der Waals surface area (Å²) in [5.41, 5.74) is 2.22. The average molecular weight is 358 g/mol. The molecule has 0 saturated carbocycles. The Kier molecular flexibility index (Phi) is 4.71. The second-order valence-corrected chi connectivity index (χ2v) is 7.22. The number of nitrogens with zero attached hydrogens (tertiary/aromatic N) is 3. The number of rotatable bonds is 6. The van der Waals surface area contributed by atoms with Gasteiger partial charge in [-0.05, 0) is 36.8 Å². The van der Waals surface area contributed by atoms with Crippen molar-refractivity contribution in [1.29, 1.82) is 0 Å². The molecule has 1 aromatic heterocycles. The van der Waals surface area contributed by atoms with Crippen LogP contribution in [0.5, 0.6) is 5.75 Å². The minimum absolute atomic E-state index is 0.0310. The SMILES string of the molecule is COc1ccc(S(=O)(=O)Nc2ncn(Cc3cccc(C)c3)n2)cc1. The molecule has 0 amide bonds. The number of aryl methyl sites for hydroxylation is 1. The molecule has 0 saturated heterocycles. The molecule has 0 aliphatic carbocycles. The van der Waals surface area contributed by atoms with Crippen molar-refractivity contribution in [3.05, 3.63) is 66.0 Å². The molecule has 0 aliphatic rings. The van der Waals surface area contributed by atoms with Gasteiger partial charge in [0.2, 0.25) is 0 Å². The van der Waals surface area contributed by atoms with Crippen LogP contribution in [0.1, 0.15) is 11.1 Å². The first-order valence-corrected chi connectivity index (χ1v) is 9.06. The van der Waals surface area contributed by atoms with Gasteiger partial charge in [-0.1, -0.05) is 29.8 Å². The van der Waals surface area contributed by atoms with Crippen molar-refractivity contribution in [2.45, 2.75) is 18.4 Å². The van der Waals surface area contributed by atoms with Crippen molar-refractivity contribution in [2.75, 3.05) is 11.8 Å². The number of ether oxygens (including phenoxy) is 1. The predicted octanol–water partition coefficient (Wildman–Crippen LogP) is 2.44. The lowest BCUT2D eigenvalue weighted by atomic mass is 10.1. The molecule has 25 heavy (non-hydrogen) atoms. The zero-order valence-corrected chi connectivity index (χ0v) is 14.7. The first kappa shape index (κ1) is 17.0. The van der Waals surface area contributed by atoms with Gasteiger partial charge >= 0.3 is 0 Å². The van der Waals surface area contributed by atoms with Crippen LogP contribution in [0.15, 0.2) is 59.8 Å². The smallest absolute Gasteiger partial charge is 0.264 e. The van der Waals surface area contributed by atoms with Crippen molar-refractivity contribution < 1.29 is 13.2 Å². The van der Waals surface area contributed by atoms with Gasteiger partial charge < -0.3 is 4.74 Å². The molecule has 0 aliphatic heterocycles. The van der Waals surface area contributed by atoms with E-state index in [2.05, 4.69) is 14.8 Å². The monoisotopic (exact) mass is 358 g/mol. The summed E-state index contributed by atoms with van der Waals surface area (Å²) in [5.74, 6) is 0.614. The highest BCUT2D eigenvalue weighted by Gasteiger charge is 2.16. The maximum Gasteiger partial charge on any atom is 0.264 e. The Hall–Kier alpha value is -2.87. The lowest BCUT2D eigenvalue weighted by Gasteiger charge is -2.06. The number of hydrogen-bond donors (Lipinski definition) is 1. The summed E-state index contributed by atoms with van der Waals surface area (Å²) < 4.78 is 33.7. The molecule has 3 rings (SSSR count). The molecular weight excluding hydrogens is 340 g/mol. The molecule has 0 radical (unpaired) electrons. The van der Waals surface area contributed by atoms with Gasteiger partial charge in [0, 0.05) is 0 Å². The molecule has 7 nitrogen and oxygen atoms in total. The molecule has 0 bridgehead atoms. The highest BCUT2D eigenvalue weighted by atomic mass is 32.2. The quantitative estimate of drug-likeness (QED) is 0.731. The molecular formula is C17H18N4O3S. The van der Waals surface area contributed by atoms with Crippen molar-refractivity contribution in [3.63, 3.8) is 0 Å². The number of methoxy groups -OCH3 is 1. The van der Waals surface area contributed by atoms with Gasteiger partial charge in [-0.3, -0.25) is 0 Å². The Morgan fingerprint density at radius 2 is 1.92 bits per heavy atom. The van der Waals surface area contributed by atoms with Gasteiger partial charge in [0.05, 0.1) is 18.6 Å². The standard InChI is InChI=1S/C17H18N4O3S/c1-13-4-3-5-14(10-13)11-21-12-18-17(19-21)20-25(22,23)16-8-6-15(24-2)7-9-16/h3-10,12H,11H2,1-2H3,(H,19,20). The Labute approximate surface area is 146 Å². The summed E-state index contributed by atoms with van der Waals surface area (Å²) in [5, 5.41) is 4.17. The van der Waals surface area contributed by atoms with Crippen LogP contribution in [0, 0.1) is 6.92 Å². The van der Waals surface area contributed by atoms with Gasteiger partial charge in [0.1, 0.15) is 12.1 Å². The van der Waals surface area contributed by atoms with Gasteiger partial charge in [-0.2, -0.15) is 4.98 Å². The van der Waals surface area contributed by atoms with Crippen LogP contribution >= 0.6 is 0 Å². The van der Waals surface area contributed by atoms with E-state index in [4.69, 9.17) is 4.74 Å². The number of anilines is 1. The summed E-state index contributed by atoms with van der Waals surface area (Å²) in [6.45, 7) is 2.53. The highest BCUT2D eigenvalue weighted by Crippen LogP contribution is 2.17. The van der Waals surface area contributed by atoms with Crippen LogP contribution in [0.25, 0.3) is 0 Å². The van der Waals surface area contributed by atoms with E-state index < -0.39 is 10.0 Å². The number of sulfonamides is 1. The van der Waals surface area contributed by atoms with Crippen molar-refractivity contribution in [3.8, 4) is 5.75 Å². The van der Waals surface area contributed by atoms with Crippen molar-refractivity contribution in [1.82, 2.24) is 14.8 Å². The Morgan fingerprint density at radius 1 is 1.16 bits per heavy atom. The lowest BCUT2D eigenvalue weighted by Crippen LogP contribution is -2.14. The number of benzene rings is 2. The maximum atomic E-state index is 12.4. The number of nitrogens with one attached hydrogen (secondary N) is 1. The van der Waals surface area contributed by atoms with Crippen LogP contribution in [-0.2, 0) is 16.6 Å². The predicted molar refractivity (Wildman–Crippen MR) is 94.1 cm³/mol. The fourth-order valence-electron chi connectivity index (χ4n) is 2.35. The zero-order chi connectivity index (χ0) is 17.9. The van der Waals surface area contributed by atoms with Crippen LogP contribution in [0.4, 0.5) is 5.95 Å². The molecule has 0 fully saturated rings. The van der Waals surface area contributed by atoms with Crippen LogP contribution in [0.3, 0.4) is 0 Å². The fraction of sp³-hybridized carbons (Fsp3) is 0.176. The highest BCUT2D eigenvalue weighted by molar-refractivity contribution is 7.92. The summed E-state index contributed by atoms with van der Waals surface area (Å²) in [7, 11) is -2.23. The van der Waals surface area contributed by atoms with E-state index >= 15 is 0 Å². The third-order valence-electron chi connectivity index (χ3n) is 3.56. The van der Waals surface area contributed by atoms with Gasteiger partial charge in [0.15, 0.2) is 0 Å². The molecule has 2 aromatic carbocycles. The van der Waals surface area contributed by atoms with E-state index in [9.17, 15) is 8.42 Å². The Morgan fingerprint density at radius 3 is 2.60 bits per heavy atom. The number of hydrogen-bond acceptors (Lipinski definition) is 5. The Bertz CT molecular complexity index is 966. The first-order valence-electron chi connectivity index (χ1n) is 7.58. The molecule has 130 valence electrons. The second-order valence-electron chi connectivity index (χ2n) is 5.54. The normalized spacial score (nSPS) is 11.3. The summed E-state index contributed by atoms with van der Waals surface area (Å²) >= 11 is 0. The van der Waals surface area contributed by atoms with E-state index in [1.54, 1.807) is 16.8 Å². The Balaban J connectivity index is 1.73. The number of aromatic nitrogens is 3. The van der Waals surface area contributed by atoms with E-state index in [0.717, 1.165) is 11.1 Å².